The Kier molecular flexibility index (Phi) is 8.01. The molecule has 0 fully saturated rings. The van der Waals surface area contributed by atoms with Crippen molar-refractivity contribution in [2.45, 2.75) is 46.3 Å². The highest BCUT2D eigenvalue weighted by Crippen LogP contribution is 2.06. The van der Waals surface area contributed by atoms with Crippen LogP contribution < -0.4 is 16.0 Å². The van der Waals surface area contributed by atoms with Gasteiger partial charge in [-0.2, -0.15) is 0 Å². The number of rotatable bonds is 6. The van der Waals surface area contributed by atoms with Crippen LogP contribution in [0, 0.1) is 6.92 Å². The van der Waals surface area contributed by atoms with E-state index in [1.54, 1.807) is 13.2 Å². The maximum absolute atomic E-state index is 11.5. The normalized spacial score (nSPS) is 11.8. The summed E-state index contributed by atoms with van der Waals surface area (Å²) in [5, 5.41) is 9.15. The van der Waals surface area contributed by atoms with Crippen LogP contribution in [0.5, 0.6) is 0 Å². The van der Waals surface area contributed by atoms with E-state index in [0.717, 1.165) is 17.7 Å². The highest BCUT2D eigenvalue weighted by Gasteiger charge is 2.15. The molecule has 1 amide bonds. The van der Waals surface area contributed by atoms with Gasteiger partial charge < -0.3 is 20.7 Å². The number of aliphatic imine (C=N–C) groups is 1. The molecule has 0 aromatic carbocycles. The van der Waals surface area contributed by atoms with Crippen LogP contribution in [0.2, 0.25) is 0 Å². The molecular weight excluding hydrogens is 306 g/mol. The van der Waals surface area contributed by atoms with Crippen LogP contribution >= 0.6 is 0 Å². The van der Waals surface area contributed by atoms with E-state index in [1.165, 1.54) is 0 Å². The Bertz CT molecular complexity index is 552. The zero-order valence-electron chi connectivity index (χ0n) is 15.3. The number of carbonyl (C=O) groups excluding carboxylic acids is 1. The lowest BCUT2D eigenvalue weighted by molar-refractivity contribution is 0.0527. The van der Waals surface area contributed by atoms with Gasteiger partial charge in [0.15, 0.2) is 5.96 Å². The molecule has 0 radical (unpaired) electrons. The van der Waals surface area contributed by atoms with Crippen molar-refractivity contribution < 1.29 is 9.53 Å². The largest absolute Gasteiger partial charge is 0.444 e. The first-order valence-electron chi connectivity index (χ1n) is 8.13. The Balaban J connectivity index is 2.21. The molecule has 0 bridgehead atoms. The number of alkyl carbamates (subject to hydrolysis) is 1. The molecule has 0 saturated heterocycles. The Morgan fingerprint density at radius 2 is 1.96 bits per heavy atom. The van der Waals surface area contributed by atoms with Gasteiger partial charge in [0.1, 0.15) is 5.60 Å². The molecule has 0 unspecified atom stereocenters. The number of amides is 1. The van der Waals surface area contributed by atoms with Gasteiger partial charge in [-0.1, -0.05) is 6.07 Å². The van der Waals surface area contributed by atoms with Crippen molar-refractivity contribution in [1.29, 1.82) is 0 Å². The van der Waals surface area contributed by atoms with Crippen LogP contribution in [0.25, 0.3) is 0 Å². The summed E-state index contributed by atoms with van der Waals surface area (Å²) in [4.78, 5) is 20.0. The average molecular weight is 335 g/mol. The molecule has 7 nitrogen and oxygen atoms in total. The van der Waals surface area contributed by atoms with E-state index in [-0.39, 0.29) is 0 Å². The molecule has 1 heterocycles. The van der Waals surface area contributed by atoms with Gasteiger partial charge in [0.05, 0.1) is 12.2 Å². The van der Waals surface area contributed by atoms with Gasteiger partial charge in [-0.15, -0.1) is 0 Å². The Morgan fingerprint density at radius 3 is 2.58 bits per heavy atom. The van der Waals surface area contributed by atoms with Gasteiger partial charge in [-0.3, -0.25) is 9.98 Å². The summed E-state index contributed by atoms with van der Waals surface area (Å²) < 4.78 is 5.17. The van der Waals surface area contributed by atoms with Crippen LogP contribution in [0.1, 0.15) is 38.4 Å². The number of aryl methyl sites for hydroxylation is 1. The van der Waals surface area contributed by atoms with E-state index in [9.17, 15) is 4.79 Å². The Hall–Kier alpha value is -2.31. The molecule has 7 heteroatoms. The molecule has 3 N–H and O–H groups in total. The molecule has 0 spiro atoms. The molecule has 0 aliphatic heterocycles. The van der Waals surface area contributed by atoms with Gasteiger partial charge in [0, 0.05) is 26.3 Å². The maximum Gasteiger partial charge on any atom is 0.407 e. The van der Waals surface area contributed by atoms with Crippen molar-refractivity contribution >= 4 is 12.1 Å². The summed E-state index contributed by atoms with van der Waals surface area (Å²) in [7, 11) is 1.72. The van der Waals surface area contributed by atoms with Crippen LogP contribution in [0.15, 0.2) is 23.3 Å². The minimum Gasteiger partial charge on any atom is -0.444 e. The van der Waals surface area contributed by atoms with E-state index in [2.05, 4.69) is 25.9 Å². The minimum atomic E-state index is -0.474. The van der Waals surface area contributed by atoms with Crippen molar-refractivity contribution in [3.8, 4) is 0 Å². The first-order chi connectivity index (χ1) is 11.3. The summed E-state index contributed by atoms with van der Waals surface area (Å²) in [6, 6.07) is 3.95. The number of hydrogen-bond acceptors (Lipinski definition) is 4. The summed E-state index contributed by atoms with van der Waals surface area (Å²) in [6.07, 6.45) is 2.15. The predicted molar refractivity (Wildman–Crippen MR) is 96.0 cm³/mol. The zero-order valence-corrected chi connectivity index (χ0v) is 15.3. The summed E-state index contributed by atoms with van der Waals surface area (Å²) in [6.45, 7) is 9.40. The molecular formula is C17H29N5O2. The van der Waals surface area contributed by atoms with Gasteiger partial charge in [0.25, 0.3) is 0 Å². The molecule has 24 heavy (non-hydrogen) atoms. The SMILES string of the molecule is CN=C(NCCCNC(=O)OC(C)(C)C)NCc1ncccc1C. The smallest absolute Gasteiger partial charge is 0.407 e. The topological polar surface area (TPSA) is 87.6 Å². The standard InChI is InChI=1S/C17H29N5O2/c1-13-8-6-9-19-14(13)12-22-15(18-5)20-10-7-11-21-16(23)24-17(2,3)4/h6,8-9H,7,10-12H2,1-5H3,(H,21,23)(H2,18,20,22). The third kappa shape index (κ3) is 8.36. The monoisotopic (exact) mass is 335 g/mol. The molecule has 0 saturated carbocycles. The minimum absolute atomic E-state index is 0.393. The highest BCUT2D eigenvalue weighted by molar-refractivity contribution is 5.79. The second kappa shape index (κ2) is 9.75. The average Bonchev–Trinajstić information content (AvgIpc) is 2.49. The molecule has 1 rings (SSSR count). The lowest BCUT2D eigenvalue weighted by atomic mass is 10.2. The predicted octanol–water partition coefficient (Wildman–Crippen LogP) is 1.97. The van der Waals surface area contributed by atoms with Crippen molar-refractivity contribution in [2.75, 3.05) is 20.1 Å². The third-order valence-electron chi connectivity index (χ3n) is 3.08. The lowest BCUT2D eigenvalue weighted by Crippen LogP contribution is -2.39. The molecule has 1 aromatic rings. The summed E-state index contributed by atoms with van der Waals surface area (Å²) in [5.74, 6) is 0.706. The number of guanidine groups is 1. The van der Waals surface area contributed by atoms with Gasteiger partial charge in [-0.25, -0.2) is 4.79 Å². The second-order valence-corrected chi connectivity index (χ2v) is 6.40. The van der Waals surface area contributed by atoms with Crippen LogP contribution in [-0.4, -0.2) is 42.8 Å². The molecule has 0 atom stereocenters. The number of ether oxygens (including phenoxy) is 1. The molecule has 0 aliphatic rings. The number of nitrogens with zero attached hydrogens (tertiary/aromatic N) is 2. The molecule has 1 aromatic heterocycles. The Labute approximate surface area is 144 Å². The maximum atomic E-state index is 11.5. The molecule has 134 valence electrons. The van der Waals surface area contributed by atoms with E-state index in [1.807, 2.05) is 39.8 Å². The second-order valence-electron chi connectivity index (χ2n) is 6.40. The fourth-order valence-corrected chi connectivity index (χ4v) is 1.89. The van der Waals surface area contributed by atoms with E-state index < -0.39 is 11.7 Å². The van der Waals surface area contributed by atoms with Crippen molar-refractivity contribution in [3.63, 3.8) is 0 Å². The van der Waals surface area contributed by atoms with Crippen LogP contribution in [0.4, 0.5) is 4.79 Å². The van der Waals surface area contributed by atoms with Crippen molar-refractivity contribution in [2.24, 2.45) is 4.99 Å². The summed E-state index contributed by atoms with van der Waals surface area (Å²) >= 11 is 0. The fourth-order valence-electron chi connectivity index (χ4n) is 1.89. The lowest BCUT2D eigenvalue weighted by Gasteiger charge is -2.19. The van der Waals surface area contributed by atoms with Gasteiger partial charge >= 0.3 is 6.09 Å². The van der Waals surface area contributed by atoms with Crippen molar-refractivity contribution in [1.82, 2.24) is 20.9 Å². The first kappa shape index (κ1) is 19.7. The third-order valence-corrected chi connectivity index (χ3v) is 3.08. The highest BCUT2D eigenvalue weighted by atomic mass is 16.6. The van der Waals surface area contributed by atoms with Crippen molar-refractivity contribution in [3.05, 3.63) is 29.6 Å². The van der Waals surface area contributed by atoms with Gasteiger partial charge in [0.2, 0.25) is 0 Å². The number of hydrogen-bond donors (Lipinski definition) is 3. The fraction of sp³-hybridized carbons (Fsp3) is 0.588. The quantitative estimate of drug-likeness (QED) is 0.420. The number of carbonyl (C=O) groups is 1. The summed E-state index contributed by atoms with van der Waals surface area (Å²) in [5.41, 5.74) is 1.66. The van der Waals surface area contributed by atoms with E-state index in [4.69, 9.17) is 4.74 Å². The zero-order chi connectivity index (χ0) is 18.0. The van der Waals surface area contributed by atoms with E-state index in [0.29, 0.717) is 25.6 Å². The first-order valence-corrected chi connectivity index (χ1v) is 8.13. The Morgan fingerprint density at radius 1 is 1.25 bits per heavy atom. The van der Waals surface area contributed by atoms with Crippen LogP contribution in [-0.2, 0) is 11.3 Å². The molecule has 0 aliphatic carbocycles. The van der Waals surface area contributed by atoms with Gasteiger partial charge in [-0.05, 0) is 45.7 Å². The number of nitrogens with one attached hydrogen (secondary N) is 3. The van der Waals surface area contributed by atoms with E-state index >= 15 is 0 Å². The van der Waals surface area contributed by atoms with Crippen LogP contribution in [0.3, 0.4) is 0 Å². The number of aromatic nitrogens is 1. The number of pyridine rings is 1.